The van der Waals surface area contributed by atoms with Crippen LogP contribution in [-0.4, -0.2) is 62.3 Å². The van der Waals surface area contributed by atoms with Gasteiger partial charge in [0.25, 0.3) is 0 Å². The number of carbonyl (C=O) groups is 1. The third-order valence-corrected chi connectivity index (χ3v) is 6.80. The number of ether oxygens (including phenoxy) is 1. The highest BCUT2D eigenvalue weighted by atomic mass is 127. The van der Waals surface area contributed by atoms with Gasteiger partial charge in [-0.25, -0.2) is 0 Å². The summed E-state index contributed by atoms with van der Waals surface area (Å²) in [5, 5.41) is 7.34. The lowest BCUT2D eigenvalue weighted by molar-refractivity contribution is -0.120. The van der Waals surface area contributed by atoms with Crippen molar-refractivity contribution in [2.24, 2.45) is 0 Å². The highest BCUT2D eigenvalue weighted by molar-refractivity contribution is 14.1. The second-order valence-electron chi connectivity index (χ2n) is 7.17. The van der Waals surface area contributed by atoms with Crippen LogP contribution in [0.5, 0.6) is 0 Å². The van der Waals surface area contributed by atoms with Crippen LogP contribution in [0.25, 0.3) is 0 Å². The molecule has 1 aromatic rings. The van der Waals surface area contributed by atoms with E-state index >= 15 is 0 Å². The summed E-state index contributed by atoms with van der Waals surface area (Å²) in [6, 6.07) is 6.65. The number of nitrogens with one attached hydrogen (secondary N) is 2. The first kappa shape index (κ1) is 20.3. The molecule has 2 fully saturated rings. The van der Waals surface area contributed by atoms with Gasteiger partial charge in [0.05, 0.1) is 17.7 Å². The quantitative estimate of drug-likeness (QED) is 0.636. The summed E-state index contributed by atoms with van der Waals surface area (Å²) in [7, 11) is 0. The molecular weight excluding hydrogens is 465 g/mol. The van der Waals surface area contributed by atoms with E-state index in [0.29, 0.717) is 12.0 Å². The van der Waals surface area contributed by atoms with Crippen molar-refractivity contribution >= 4 is 40.1 Å². The number of amides is 1. The van der Waals surface area contributed by atoms with Crippen molar-refractivity contribution in [3.8, 4) is 0 Å². The predicted octanol–water partition coefficient (Wildman–Crippen LogP) is 2.62. The van der Waals surface area contributed by atoms with E-state index < -0.39 is 0 Å². The molecule has 1 amide bonds. The summed E-state index contributed by atoms with van der Waals surface area (Å²) in [5.74, 6) is 0.359. The van der Waals surface area contributed by atoms with Crippen LogP contribution >= 0.6 is 34.2 Å². The molecule has 3 rings (SSSR count). The molecule has 0 radical (unpaired) electrons. The average molecular weight is 492 g/mol. The van der Waals surface area contributed by atoms with Gasteiger partial charge in [0.15, 0.2) is 0 Å². The van der Waals surface area contributed by atoms with Crippen LogP contribution in [0.15, 0.2) is 18.2 Å². The van der Waals surface area contributed by atoms with E-state index in [9.17, 15) is 4.79 Å². The average Bonchev–Trinajstić information content (AvgIpc) is 2.84. The summed E-state index contributed by atoms with van der Waals surface area (Å²) >= 11 is 8.62. The number of benzene rings is 1. The molecule has 144 valence electrons. The van der Waals surface area contributed by atoms with Crippen LogP contribution in [0.2, 0.25) is 5.02 Å². The van der Waals surface area contributed by atoms with Gasteiger partial charge in [-0.2, -0.15) is 0 Å². The minimum absolute atomic E-state index is 0.0669. The molecule has 0 aromatic heterocycles. The van der Waals surface area contributed by atoms with Gasteiger partial charge in [0.2, 0.25) is 5.91 Å². The van der Waals surface area contributed by atoms with Gasteiger partial charge in [-0.3, -0.25) is 4.79 Å². The largest absolute Gasteiger partial charge is 0.375 e. The molecule has 0 bridgehead atoms. The Kier molecular flexibility index (Phi) is 7.57. The zero-order chi connectivity index (χ0) is 18.5. The standard InChI is InChI=1S/C19H27ClIN3O2/c1-13(25)23-15-4-7-24(8-5-15)12-19-16(11-22-6-9-26-19)14-2-3-18(21)17(20)10-14/h2-3,10,15-16,19,22H,4-9,11-12H2,1H3,(H,23,25). The summed E-state index contributed by atoms with van der Waals surface area (Å²) in [6.07, 6.45) is 2.16. The van der Waals surface area contributed by atoms with Crippen LogP contribution in [0.3, 0.4) is 0 Å². The van der Waals surface area contributed by atoms with Crippen LogP contribution in [0.4, 0.5) is 0 Å². The van der Waals surface area contributed by atoms with Crippen molar-refractivity contribution in [3.63, 3.8) is 0 Å². The van der Waals surface area contributed by atoms with E-state index in [1.807, 2.05) is 0 Å². The molecule has 2 saturated heterocycles. The Hall–Kier alpha value is -0.410. The molecule has 0 aliphatic carbocycles. The molecule has 5 nitrogen and oxygen atoms in total. The lowest BCUT2D eigenvalue weighted by Gasteiger charge is -2.36. The predicted molar refractivity (Wildman–Crippen MR) is 113 cm³/mol. The zero-order valence-corrected chi connectivity index (χ0v) is 18.1. The molecular formula is C19H27ClIN3O2. The SMILES string of the molecule is CC(=O)NC1CCN(CC2OCCNCC2c2ccc(I)c(Cl)c2)CC1. The lowest BCUT2D eigenvalue weighted by Crippen LogP contribution is -2.47. The maximum atomic E-state index is 11.2. The molecule has 2 heterocycles. The van der Waals surface area contributed by atoms with Crippen LogP contribution in [0.1, 0.15) is 31.2 Å². The number of nitrogens with zero attached hydrogens (tertiary/aromatic N) is 1. The minimum atomic E-state index is 0.0669. The molecule has 2 unspecified atom stereocenters. The van der Waals surface area contributed by atoms with Gasteiger partial charge in [-0.15, -0.1) is 0 Å². The van der Waals surface area contributed by atoms with E-state index in [4.69, 9.17) is 16.3 Å². The molecule has 0 saturated carbocycles. The Morgan fingerprint density at radius 1 is 1.42 bits per heavy atom. The van der Waals surface area contributed by atoms with E-state index in [2.05, 4.69) is 56.3 Å². The molecule has 2 aliphatic rings. The van der Waals surface area contributed by atoms with Crippen LogP contribution < -0.4 is 10.6 Å². The van der Waals surface area contributed by atoms with Crippen molar-refractivity contribution in [1.82, 2.24) is 15.5 Å². The van der Waals surface area contributed by atoms with Gasteiger partial charge >= 0.3 is 0 Å². The smallest absolute Gasteiger partial charge is 0.217 e. The highest BCUT2D eigenvalue weighted by Crippen LogP contribution is 2.29. The summed E-state index contributed by atoms with van der Waals surface area (Å²) < 4.78 is 7.29. The van der Waals surface area contributed by atoms with E-state index in [0.717, 1.165) is 60.8 Å². The summed E-state index contributed by atoms with van der Waals surface area (Å²) in [5.41, 5.74) is 1.24. The van der Waals surface area contributed by atoms with Crippen molar-refractivity contribution in [2.75, 3.05) is 39.3 Å². The molecule has 1 aromatic carbocycles. The van der Waals surface area contributed by atoms with Crippen molar-refractivity contribution < 1.29 is 9.53 Å². The maximum absolute atomic E-state index is 11.2. The Bertz CT molecular complexity index is 623. The Morgan fingerprint density at radius 3 is 2.88 bits per heavy atom. The van der Waals surface area contributed by atoms with E-state index in [-0.39, 0.29) is 12.0 Å². The first-order valence-corrected chi connectivity index (χ1v) is 10.8. The molecule has 7 heteroatoms. The fourth-order valence-electron chi connectivity index (χ4n) is 3.84. The highest BCUT2D eigenvalue weighted by Gasteiger charge is 2.30. The third kappa shape index (κ3) is 5.55. The zero-order valence-electron chi connectivity index (χ0n) is 15.1. The van der Waals surface area contributed by atoms with Crippen molar-refractivity contribution in [1.29, 1.82) is 0 Å². The van der Waals surface area contributed by atoms with Crippen LogP contribution in [-0.2, 0) is 9.53 Å². The van der Waals surface area contributed by atoms with E-state index in [1.165, 1.54) is 5.56 Å². The molecule has 26 heavy (non-hydrogen) atoms. The van der Waals surface area contributed by atoms with Gasteiger partial charge in [-0.05, 0) is 53.1 Å². The topological polar surface area (TPSA) is 53.6 Å². The number of piperidine rings is 1. The lowest BCUT2D eigenvalue weighted by atomic mass is 9.92. The van der Waals surface area contributed by atoms with Gasteiger partial charge in [0.1, 0.15) is 0 Å². The number of likely N-dealkylation sites (tertiary alicyclic amines) is 1. The second-order valence-corrected chi connectivity index (χ2v) is 8.74. The van der Waals surface area contributed by atoms with Gasteiger partial charge in [-0.1, -0.05) is 17.7 Å². The number of halogens is 2. The number of carbonyl (C=O) groups excluding carboxylic acids is 1. The van der Waals surface area contributed by atoms with Gasteiger partial charge < -0.3 is 20.3 Å². The third-order valence-electron chi connectivity index (χ3n) is 5.23. The maximum Gasteiger partial charge on any atom is 0.217 e. The summed E-state index contributed by atoms with van der Waals surface area (Å²) in [4.78, 5) is 13.7. The minimum Gasteiger partial charge on any atom is -0.375 e. The second kappa shape index (κ2) is 9.68. The first-order valence-electron chi connectivity index (χ1n) is 9.29. The van der Waals surface area contributed by atoms with Gasteiger partial charge in [0, 0.05) is 55.2 Å². The Balaban J connectivity index is 1.64. The normalized spacial score (nSPS) is 25.7. The number of rotatable bonds is 4. The summed E-state index contributed by atoms with van der Waals surface area (Å²) in [6.45, 7) is 7.04. The molecule has 2 atom stereocenters. The Labute approximate surface area is 174 Å². The molecule has 0 spiro atoms. The Morgan fingerprint density at radius 2 is 2.19 bits per heavy atom. The number of hydrogen-bond donors (Lipinski definition) is 2. The van der Waals surface area contributed by atoms with Crippen molar-refractivity contribution in [2.45, 2.75) is 37.8 Å². The van der Waals surface area contributed by atoms with Crippen molar-refractivity contribution in [3.05, 3.63) is 32.4 Å². The fraction of sp³-hybridized carbons (Fsp3) is 0.632. The fourth-order valence-corrected chi connectivity index (χ4v) is 4.37. The van der Waals surface area contributed by atoms with E-state index in [1.54, 1.807) is 6.92 Å². The first-order chi connectivity index (χ1) is 12.5. The number of hydrogen-bond acceptors (Lipinski definition) is 4. The monoisotopic (exact) mass is 491 g/mol. The molecule has 2 aliphatic heterocycles. The molecule has 2 N–H and O–H groups in total. The van der Waals surface area contributed by atoms with Crippen LogP contribution in [0, 0.1) is 3.57 Å².